The van der Waals surface area contributed by atoms with Crippen molar-refractivity contribution in [3.63, 3.8) is 0 Å². The molecule has 1 aromatic rings. The number of ether oxygens (including phenoxy) is 1. The molecule has 0 bridgehead atoms. The van der Waals surface area contributed by atoms with Gasteiger partial charge in [-0.2, -0.15) is 0 Å². The van der Waals surface area contributed by atoms with Gasteiger partial charge in [0.05, 0.1) is 6.10 Å². The summed E-state index contributed by atoms with van der Waals surface area (Å²) in [6, 6.07) is 5.04. The zero-order chi connectivity index (χ0) is 13.0. The van der Waals surface area contributed by atoms with Gasteiger partial charge in [-0.1, -0.05) is 6.92 Å². The first-order chi connectivity index (χ1) is 8.67. The summed E-state index contributed by atoms with van der Waals surface area (Å²) in [5, 5.41) is 0. The number of rotatable bonds is 5. The van der Waals surface area contributed by atoms with Crippen LogP contribution in [0.4, 0.5) is 4.39 Å². The summed E-state index contributed by atoms with van der Waals surface area (Å²) in [5.74, 6) is 0.420. The first-order valence-corrected chi connectivity index (χ1v) is 6.89. The van der Waals surface area contributed by atoms with E-state index in [-0.39, 0.29) is 18.0 Å². The molecule has 2 N–H and O–H groups in total. The fourth-order valence-electron chi connectivity index (χ4n) is 2.45. The molecule has 3 heteroatoms. The lowest BCUT2D eigenvalue weighted by molar-refractivity contribution is 0.209. The Kier molecular flexibility index (Phi) is 4.59. The van der Waals surface area contributed by atoms with Crippen molar-refractivity contribution in [3.05, 3.63) is 29.6 Å². The summed E-state index contributed by atoms with van der Waals surface area (Å²) in [6.07, 6.45) is 6.46. The van der Waals surface area contributed by atoms with Crippen LogP contribution in [-0.4, -0.2) is 12.1 Å². The van der Waals surface area contributed by atoms with Crippen molar-refractivity contribution in [2.75, 3.05) is 0 Å². The molecule has 1 atom stereocenters. The SMILES string of the molecule is CCC(N)Cc1cc(F)cc(OC2CCCC2)c1. The lowest BCUT2D eigenvalue weighted by Crippen LogP contribution is -2.21. The van der Waals surface area contributed by atoms with E-state index in [1.807, 2.05) is 13.0 Å². The third kappa shape index (κ3) is 3.70. The van der Waals surface area contributed by atoms with Gasteiger partial charge in [-0.25, -0.2) is 4.39 Å². The summed E-state index contributed by atoms with van der Waals surface area (Å²) in [7, 11) is 0. The van der Waals surface area contributed by atoms with E-state index in [9.17, 15) is 4.39 Å². The first-order valence-electron chi connectivity index (χ1n) is 6.89. The highest BCUT2D eigenvalue weighted by molar-refractivity contribution is 5.30. The van der Waals surface area contributed by atoms with Gasteiger partial charge in [0, 0.05) is 12.1 Å². The Hall–Kier alpha value is -1.09. The monoisotopic (exact) mass is 251 g/mol. The highest BCUT2D eigenvalue weighted by Crippen LogP contribution is 2.25. The molecule has 0 heterocycles. The predicted molar refractivity (Wildman–Crippen MR) is 71.3 cm³/mol. The van der Waals surface area contributed by atoms with E-state index in [0.717, 1.165) is 24.8 Å². The third-order valence-corrected chi connectivity index (χ3v) is 3.56. The smallest absolute Gasteiger partial charge is 0.127 e. The van der Waals surface area contributed by atoms with E-state index in [0.29, 0.717) is 12.2 Å². The van der Waals surface area contributed by atoms with Crippen LogP contribution in [0.2, 0.25) is 0 Å². The number of hydrogen-bond donors (Lipinski definition) is 1. The molecule has 0 amide bonds. The molecule has 1 aromatic carbocycles. The number of nitrogens with two attached hydrogens (primary N) is 1. The zero-order valence-corrected chi connectivity index (χ0v) is 11.0. The molecule has 2 nitrogen and oxygen atoms in total. The summed E-state index contributed by atoms with van der Waals surface area (Å²) < 4.78 is 19.4. The minimum Gasteiger partial charge on any atom is -0.490 e. The van der Waals surface area contributed by atoms with E-state index in [2.05, 4.69) is 0 Å². The molecule has 1 aliphatic rings. The summed E-state index contributed by atoms with van der Waals surface area (Å²) in [5.41, 5.74) is 6.83. The van der Waals surface area contributed by atoms with Gasteiger partial charge >= 0.3 is 0 Å². The van der Waals surface area contributed by atoms with Gasteiger partial charge in [0.2, 0.25) is 0 Å². The molecule has 0 radical (unpaired) electrons. The molecule has 0 aliphatic heterocycles. The second-order valence-corrected chi connectivity index (χ2v) is 5.19. The molecule has 2 rings (SSSR count). The highest BCUT2D eigenvalue weighted by atomic mass is 19.1. The maximum atomic E-state index is 13.5. The van der Waals surface area contributed by atoms with Gasteiger partial charge in [-0.05, 0) is 56.2 Å². The Morgan fingerprint density at radius 2 is 2.06 bits per heavy atom. The molecule has 1 saturated carbocycles. The van der Waals surface area contributed by atoms with Crippen molar-refractivity contribution < 1.29 is 9.13 Å². The summed E-state index contributed by atoms with van der Waals surface area (Å²) in [6.45, 7) is 2.04. The van der Waals surface area contributed by atoms with E-state index in [4.69, 9.17) is 10.5 Å². The Balaban J connectivity index is 2.05. The maximum absolute atomic E-state index is 13.5. The van der Waals surface area contributed by atoms with Crippen molar-refractivity contribution in [3.8, 4) is 5.75 Å². The fraction of sp³-hybridized carbons (Fsp3) is 0.600. The minimum absolute atomic E-state index is 0.0890. The number of benzene rings is 1. The van der Waals surface area contributed by atoms with Gasteiger partial charge < -0.3 is 10.5 Å². The van der Waals surface area contributed by atoms with Crippen LogP contribution in [-0.2, 0) is 6.42 Å². The number of hydrogen-bond acceptors (Lipinski definition) is 2. The summed E-state index contributed by atoms with van der Waals surface area (Å²) >= 11 is 0. The molecule has 0 aromatic heterocycles. The van der Waals surface area contributed by atoms with Crippen molar-refractivity contribution in [1.82, 2.24) is 0 Å². The predicted octanol–water partition coefficient (Wildman–Crippen LogP) is 3.43. The Morgan fingerprint density at radius 3 is 2.72 bits per heavy atom. The quantitative estimate of drug-likeness (QED) is 0.870. The topological polar surface area (TPSA) is 35.2 Å². The Bertz CT molecular complexity index is 388. The molecule has 0 spiro atoms. The van der Waals surface area contributed by atoms with Crippen LogP contribution in [0.25, 0.3) is 0 Å². The first kappa shape index (κ1) is 13.3. The van der Waals surface area contributed by atoms with Crippen LogP contribution in [0.5, 0.6) is 5.75 Å². The van der Waals surface area contributed by atoms with Crippen LogP contribution in [0.1, 0.15) is 44.6 Å². The normalized spacial score (nSPS) is 17.9. The van der Waals surface area contributed by atoms with E-state index >= 15 is 0 Å². The molecular formula is C15H22FNO. The average molecular weight is 251 g/mol. The van der Waals surface area contributed by atoms with E-state index < -0.39 is 0 Å². The molecule has 18 heavy (non-hydrogen) atoms. The Morgan fingerprint density at radius 1 is 1.33 bits per heavy atom. The minimum atomic E-state index is -0.233. The maximum Gasteiger partial charge on any atom is 0.127 e. The third-order valence-electron chi connectivity index (χ3n) is 3.56. The van der Waals surface area contributed by atoms with Gasteiger partial charge in [-0.15, -0.1) is 0 Å². The number of halogens is 1. The highest BCUT2D eigenvalue weighted by Gasteiger charge is 2.17. The van der Waals surface area contributed by atoms with Crippen molar-refractivity contribution in [2.45, 2.75) is 57.6 Å². The molecule has 1 unspecified atom stereocenters. The molecule has 1 aliphatic carbocycles. The van der Waals surface area contributed by atoms with E-state index in [1.165, 1.54) is 18.9 Å². The van der Waals surface area contributed by atoms with Crippen molar-refractivity contribution in [1.29, 1.82) is 0 Å². The molecular weight excluding hydrogens is 229 g/mol. The van der Waals surface area contributed by atoms with Crippen LogP contribution < -0.4 is 10.5 Å². The van der Waals surface area contributed by atoms with Crippen LogP contribution in [0.15, 0.2) is 18.2 Å². The fourth-order valence-corrected chi connectivity index (χ4v) is 2.45. The van der Waals surface area contributed by atoms with Gasteiger partial charge in [0.25, 0.3) is 0 Å². The van der Waals surface area contributed by atoms with E-state index in [1.54, 1.807) is 6.07 Å². The van der Waals surface area contributed by atoms with Crippen molar-refractivity contribution >= 4 is 0 Å². The van der Waals surface area contributed by atoms with Crippen LogP contribution in [0.3, 0.4) is 0 Å². The lowest BCUT2D eigenvalue weighted by atomic mass is 10.0. The van der Waals surface area contributed by atoms with Crippen LogP contribution in [0, 0.1) is 5.82 Å². The lowest BCUT2D eigenvalue weighted by Gasteiger charge is -2.15. The second-order valence-electron chi connectivity index (χ2n) is 5.19. The molecule has 1 fully saturated rings. The van der Waals surface area contributed by atoms with Gasteiger partial charge in [-0.3, -0.25) is 0 Å². The largest absolute Gasteiger partial charge is 0.490 e. The average Bonchev–Trinajstić information content (AvgIpc) is 2.80. The zero-order valence-electron chi connectivity index (χ0n) is 11.0. The standard InChI is InChI=1S/C15H22FNO/c1-2-13(17)8-11-7-12(16)10-15(9-11)18-14-5-3-4-6-14/h7,9-10,13-14H,2-6,8,17H2,1H3. The molecule has 100 valence electrons. The van der Waals surface area contributed by atoms with Gasteiger partial charge in [0.1, 0.15) is 11.6 Å². The second kappa shape index (κ2) is 6.19. The Labute approximate surface area is 108 Å². The van der Waals surface area contributed by atoms with Crippen molar-refractivity contribution in [2.24, 2.45) is 5.73 Å². The summed E-state index contributed by atoms with van der Waals surface area (Å²) in [4.78, 5) is 0. The van der Waals surface area contributed by atoms with Gasteiger partial charge in [0.15, 0.2) is 0 Å². The molecule has 0 saturated heterocycles. The van der Waals surface area contributed by atoms with Crippen LogP contribution >= 0.6 is 0 Å².